The van der Waals surface area contributed by atoms with Crippen molar-refractivity contribution >= 4 is 5.69 Å². The molecular weight excluding hydrogens is 222 g/mol. The molecule has 0 saturated heterocycles. The van der Waals surface area contributed by atoms with Gasteiger partial charge < -0.3 is 15.5 Å². The molecule has 3 nitrogen and oxygen atoms in total. The fraction of sp³-hybridized carbons (Fsp3) is 0.600. The minimum Gasteiger partial charge on any atom is -0.399 e. The number of benzene rings is 1. The maximum absolute atomic E-state index is 5.67. The lowest BCUT2D eigenvalue weighted by Gasteiger charge is -2.18. The molecule has 2 N–H and O–H groups in total. The molecule has 1 aromatic carbocycles. The van der Waals surface area contributed by atoms with E-state index in [9.17, 15) is 0 Å². The van der Waals surface area contributed by atoms with Crippen molar-refractivity contribution in [2.45, 2.75) is 19.3 Å². The van der Waals surface area contributed by atoms with Crippen LogP contribution in [0.4, 0.5) is 5.69 Å². The number of hydrogen-bond donors (Lipinski definition) is 1. The second-order valence-electron chi connectivity index (χ2n) is 5.31. The monoisotopic (exact) mass is 249 g/mol. The van der Waals surface area contributed by atoms with Gasteiger partial charge in [-0.05, 0) is 77.7 Å². The van der Waals surface area contributed by atoms with Crippen LogP contribution < -0.4 is 5.73 Å². The normalized spacial score (nSPS) is 11.4. The number of anilines is 1. The molecule has 0 aliphatic heterocycles. The Kier molecular flexibility index (Phi) is 6.76. The average molecular weight is 249 g/mol. The zero-order chi connectivity index (χ0) is 13.4. The summed E-state index contributed by atoms with van der Waals surface area (Å²) in [5.41, 5.74) is 7.90. The van der Waals surface area contributed by atoms with Crippen molar-refractivity contribution in [3.8, 4) is 0 Å². The lowest BCUT2D eigenvalue weighted by Crippen LogP contribution is -2.24. The second kappa shape index (κ2) is 8.11. The van der Waals surface area contributed by atoms with Crippen LogP contribution in [0.25, 0.3) is 0 Å². The number of aryl methyl sites for hydroxylation is 1. The maximum atomic E-state index is 5.67. The summed E-state index contributed by atoms with van der Waals surface area (Å²) in [6.45, 7) is 3.51. The predicted octanol–water partition coefficient (Wildman–Crippen LogP) is 2.08. The highest BCUT2D eigenvalue weighted by molar-refractivity contribution is 5.39. The van der Waals surface area contributed by atoms with Gasteiger partial charge in [0.05, 0.1) is 0 Å². The molecule has 0 aliphatic carbocycles. The zero-order valence-corrected chi connectivity index (χ0v) is 12.0. The first-order valence-electron chi connectivity index (χ1n) is 6.75. The van der Waals surface area contributed by atoms with Crippen molar-refractivity contribution < 1.29 is 0 Å². The van der Waals surface area contributed by atoms with Gasteiger partial charge in [-0.3, -0.25) is 0 Å². The van der Waals surface area contributed by atoms with E-state index in [-0.39, 0.29) is 0 Å². The van der Waals surface area contributed by atoms with Crippen molar-refractivity contribution in [1.82, 2.24) is 9.80 Å². The van der Waals surface area contributed by atoms with E-state index in [0.29, 0.717) is 0 Å². The SMILES string of the molecule is CN(C)CCCN(C)CCCc1ccc(N)cc1. The molecule has 0 heterocycles. The van der Waals surface area contributed by atoms with Gasteiger partial charge in [0.25, 0.3) is 0 Å². The van der Waals surface area contributed by atoms with E-state index >= 15 is 0 Å². The fourth-order valence-corrected chi connectivity index (χ4v) is 2.01. The van der Waals surface area contributed by atoms with Crippen LogP contribution in [0.15, 0.2) is 24.3 Å². The lowest BCUT2D eigenvalue weighted by atomic mass is 10.1. The Morgan fingerprint density at radius 2 is 1.50 bits per heavy atom. The van der Waals surface area contributed by atoms with Crippen LogP contribution in [-0.4, -0.2) is 50.6 Å². The molecule has 1 aromatic rings. The van der Waals surface area contributed by atoms with Gasteiger partial charge in [0, 0.05) is 5.69 Å². The molecule has 0 atom stereocenters. The molecule has 0 saturated carbocycles. The highest BCUT2D eigenvalue weighted by atomic mass is 15.1. The van der Waals surface area contributed by atoms with Crippen molar-refractivity contribution in [2.24, 2.45) is 0 Å². The van der Waals surface area contributed by atoms with E-state index in [2.05, 4.69) is 43.1 Å². The number of nitrogens with two attached hydrogens (primary N) is 1. The van der Waals surface area contributed by atoms with Crippen LogP contribution >= 0.6 is 0 Å². The predicted molar refractivity (Wildman–Crippen MR) is 79.8 cm³/mol. The van der Waals surface area contributed by atoms with Crippen LogP contribution in [0.5, 0.6) is 0 Å². The number of hydrogen-bond acceptors (Lipinski definition) is 3. The molecule has 0 aliphatic rings. The second-order valence-corrected chi connectivity index (χ2v) is 5.31. The highest BCUT2D eigenvalue weighted by Crippen LogP contribution is 2.07. The van der Waals surface area contributed by atoms with Crippen molar-refractivity contribution in [3.63, 3.8) is 0 Å². The van der Waals surface area contributed by atoms with E-state index in [1.165, 1.54) is 31.5 Å². The molecule has 0 amide bonds. The van der Waals surface area contributed by atoms with E-state index in [1.807, 2.05) is 12.1 Å². The Bertz CT molecular complexity index is 319. The first-order chi connectivity index (χ1) is 8.58. The summed E-state index contributed by atoms with van der Waals surface area (Å²) in [6, 6.07) is 8.22. The Hall–Kier alpha value is -1.06. The molecule has 0 radical (unpaired) electrons. The van der Waals surface area contributed by atoms with Gasteiger partial charge in [-0.15, -0.1) is 0 Å². The van der Waals surface area contributed by atoms with E-state index in [4.69, 9.17) is 5.73 Å². The van der Waals surface area contributed by atoms with Gasteiger partial charge in [-0.25, -0.2) is 0 Å². The third-order valence-corrected chi connectivity index (χ3v) is 3.13. The maximum Gasteiger partial charge on any atom is 0.0314 e. The smallest absolute Gasteiger partial charge is 0.0314 e. The number of nitrogens with zero attached hydrogens (tertiary/aromatic N) is 2. The summed E-state index contributed by atoms with van der Waals surface area (Å²) in [5, 5.41) is 0. The topological polar surface area (TPSA) is 32.5 Å². The van der Waals surface area contributed by atoms with Gasteiger partial charge >= 0.3 is 0 Å². The largest absolute Gasteiger partial charge is 0.399 e. The van der Waals surface area contributed by atoms with Crippen molar-refractivity contribution in [2.75, 3.05) is 46.5 Å². The molecule has 3 heteroatoms. The molecule has 0 aromatic heterocycles. The molecule has 102 valence electrons. The molecule has 18 heavy (non-hydrogen) atoms. The molecule has 0 bridgehead atoms. The van der Waals surface area contributed by atoms with Crippen molar-refractivity contribution in [3.05, 3.63) is 29.8 Å². The van der Waals surface area contributed by atoms with Gasteiger partial charge in [0.2, 0.25) is 0 Å². The quantitative estimate of drug-likeness (QED) is 0.716. The molecule has 1 rings (SSSR count). The fourth-order valence-electron chi connectivity index (χ4n) is 2.01. The Labute approximate surface area is 112 Å². The summed E-state index contributed by atoms with van der Waals surface area (Å²) in [4.78, 5) is 4.66. The van der Waals surface area contributed by atoms with Gasteiger partial charge in [0.1, 0.15) is 0 Å². The summed E-state index contributed by atoms with van der Waals surface area (Å²) in [6.07, 6.45) is 3.59. The molecule has 0 unspecified atom stereocenters. The third-order valence-electron chi connectivity index (χ3n) is 3.13. The first-order valence-corrected chi connectivity index (χ1v) is 6.75. The zero-order valence-electron chi connectivity index (χ0n) is 12.0. The van der Waals surface area contributed by atoms with E-state index < -0.39 is 0 Å². The van der Waals surface area contributed by atoms with Gasteiger partial charge in [-0.1, -0.05) is 12.1 Å². The summed E-state index contributed by atoms with van der Waals surface area (Å²) >= 11 is 0. The Balaban J connectivity index is 2.11. The summed E-state index contributed by atoms with van der Waals surface area (Å²) < 4.78 is 0. The van der Waals surface area contributed by atoms with Crippen LogP contribution in [0.1, 0.15) is 18.4 Å². The van der Waals surface area contributed by atoms with E-state index in [1.54, 1.807) is 0 Å². The molecular formula is C15H27N3. The Morgan fingerprint density at radius 3 is 2.11 bits per heavy atom. The summed E-state index contributed by atoms with van der Waals surface area (Å²) in [7, 11) is 6.46. The first kappa shape index (κ1) is 15.0. The van der Waals surface area contributed by atoms with Crippen molar-refractivity contribution in [1.29, 1.82) is 0 Å². The molecule has 0 fully saturated rings. The Morgan fingerprint density at radius 1 is 0.889 bits per heavy atom. The lowest BCUT2D eigenvalue weighted by molar-refractivity contribution is 0.297. The van der Waals surface area contributed by atoms with Crippen LogP contribution in [0.2, 0.25) is 0 Å². The van der Waals surface area contributed by atoms with E-state index in [0.717, 1.165) is 18.7 Å². The van der Waals surface area contributed by atoms with Gasteiger partial charge in [-0.2, -0.15) is 0 Å². The third kappa shape index (κ3) is 6.62. The van der Waals surface area contributed by atoms with Crippen LogP contribution in [0.3, 0.4) is 0 Å². The molecule has 0 spiro atoms. The number of rotatable bonds is 8. The highest BCUT2D eigenvalue weighted by Gasteiger charge is 1.99. The minimum absolute atomic E-state index is 0.847. The standard InChI is InChI=1S/C15H27N3/c1-17(2)11-5-13-18(3)12-4-6-14-7-9-15(16)10-8-14/h7-10H,4-6,11-13,16H2,1-3H3. The van der Waals surface area contributed by atoms with Crippen LogP contribution in [-0.2, 0) is 6.42 Å². The van der Waals surface area contributed by atoms with Gasteiger partial charge in [0.15, 0.2) is 0 Å². The van der Waals surface area contributed by atoms with Crippen LogP contribution in [0, 0.1) is 0 Å². The summed E-state index contributed by atoms with van der Waals surface area (Å²) in [5.74, 6) is 0. The average Bonchev–Trinajstić information content (AvgIpc) is 2.31. The minimum atomic E-state index is 0.847. The number of nitrogen functional groups attached to an aromatic ring is 1.